The molecule has 6 heteroatoms. The third kappa shape index (κ3) is 4.69. The Morgan fingerprint density at radius 2 is 1.94 bits per heavy atom. The van der Waals surface area contributed by atoms with E-state index in [0.29, 0.717) is 12.1 Å². The van der Waals surface area contributed by atoms with E-state index in [1.54, 1.807) is 6.20 Å². The quantitative estimate of drug-likeness (QED) is 0.579. The van der Waals surface area contributed by atoms with Gasteiger partial charge in [-0.15, -0.1) is 0 Å². The summed E-state index contributed by atoms with van der Waals surface area (Å²) in [5.41, 5.74) is 4.49. The highest BCUT2D eigenvalue weighted by molar-refractivity contribution is 5.65. The van der Waals surface area contributed by atoms with Crippen LogP contribution in [0.2, 0.25) is 0 Å². The van der Waals surface area contributed by atoms with Crippen LogP contribution in [0.4, 0.5) is 17.4 Å². The van der Waals surface area contributed by atoms with Crippen LogP contribution in [0.5, 0.6) is 5.75 Å². The molecule has 1 saturated heterocycles. The van der Waals surface area contributed by atoms with E-state index in [9.17, 15) is 0 Å². The molecular formula is C25H30N4O2. The molecule has 0 amide bonds. The number of anilines is 3. The van der Waals surface area contributed by atoms with E-state index >= 15 is 0 Å². The molecule has 5 rings (SSSR count). The first-order valence-electron chi connectivity index (χ1n) is 11.3. The van der Waals surface area contributed by atoms with Crippen LogP contribution in [-0.2, 0) is 0 Å². The summed E-state index contributed by atoms with van der Waals surface area (Å²) in [6.07, 6.45) is 6.92. The monoisotopic (exact) mass is 418 g/mol. The third-order valence-electron chi connectivity index (χ3n) is 6.13. The maximum Gasteiger partial charge on any atom is 0.299 e. The van der Waals surface area contributed by atoms with Gasteiger partial charge in [0.05, 0.1) is 12.3 Å². The number of aromatic nitrogens is 1. The highest BCUT2D eigenvalue weighted by Gasteiger charge is 2.17. The van der Waals surface area contributed by atoms with Crippen molar-refractivity contribution in [3.05, 3.63) is 54.2 Å². The summed E-state index contributed by atoms with van der Waals surface area (Å²) < 4.78 is 12.1. The minimum absolute atomic E-state index is 0.342. The summed E-state index contributed by atoms with van der Waals surface area (Å²) >= 11 is 0. The van der Waals surface area contributed by atoms with Gasteiger partial charge in [0.25, 0.3) is 6.01 Å². The number of hydrogen-bond acceptors (Lipinski definition) is 6. The molecule has 1 aromatic heterocycles. The minimum Gasteiger partial charge on any atom is -0.490 e. The Balaban J connectivity index is 1.27. The van der Waals surface area contributed by atoms with Crippen molar-refractivity contribution in [2.45, 2.75) is 38.7 Å². The largest absolute Gasteiger partial charge is 0.490 e. The molecule has 1 aliphatic carbocycles. The SMILES string of the molecule is Cc1cc(Nc2ncc(-c3cccc(OC4CCCC4)c3)o2)ccc1N1CCNCC1. The summed E-state index contributed by atoms with van der Waals surface area (Å²) in [6, 6.07) is 15.0. The van der Waals surface area contributed by atoms with Crippen LogP contribution < -0.4 is 20.3 Å². The molecule has 1 saturated carbocycles. The van der Waals surface area contributed by atoms with E-state index in [4.69, 9.17) is 9.15 Å². The number of oxazole rings is 1. The van der Waals surface area contributed by atoms with Crippen LogP contribution in [0.3, 0.4) is 0 Å². The van der Waals surface area contributed by atoms with Gasteiger partial charge < -0.3 is 24.7 Å². The Hall–Kier alpha value is -2.99. The van der Waals surface area contributed by atoms with Crippen molar-refractivity contribution in [3.63, 3.8) is 0 Å². The van der Waals surface area contributed by atoms with Gasteiger partial charge in [0.1, 0.15) is 5.75 Å². The van der Waals surface area contributed by atoms with Crippen molar-refractivity contribution < 1.29 is 9.15 Å². The maximum atomic E-state index is 6.13. The van der Waals surface area contributed by atoms with Crippen molar-refractivity contribution in [1.82, 2.24) is 10.3 Å². The lowest BCUT2D eigenvalue weighted by Crippen LogP contribution is -2.43. The molecule has 0 unspecified atom stereocenters. The lowest BCUT2D eigenvalue weighted by molar-refractivity contribution is 0.210. The van der Waals surface area contributed by atoms with Crippen LogP contribution in [0.15, 0.2) is 53.1 Å². The number of nitrogens with one attached hydrogen (secondary N) is 2. The average molecular weight is 419 g/mol. The molecule has 2 aliphatic rings. The fourth-order valence-corrected chi connectivity index (χ4v) is 4.50. The maximum absolute atomic E-state index is 6.13. The molecule has 6 nitrogen and oxygen atoms in total. The number of benzene rings is 2. The van der Waals surface area contributed by atoms with Crippen LogP contribution >= 0.6 is 0 Å². The summed E-state index contributed by atoms with van der Waals surface area (Å²) in [6.45, 7) is 6.30. The highest BCUT2D eigenvalue weighted by Crippen LogP contribution is 2.31. The van der Waals surface area contributed by atoms with Crippen molar-refractivity contribution in [3.8, 4) is 17.1 Å². The van der Waals surface area contributed by atoms with Crippen LogP contribution in [0.1, 0.15) is 31.2 Å². The van der Waals surface area contributed by atoms with Crippen molar-refractivity contribution >= 4 is 17.4 Å². The van der Waals surface area contributed by atoms with Gasteiger partial charge in [-0.2, -0.15) is 0 Å². The second kappa shape index (κ2) is 9.02. The molecule has 162 valence electrons. The smallest absolute Gasteiger partial charge is 0.299 e. The van der Waals surface area contributed by atoms with Crippen LogP contribution in [-0.4, -0.2) is 37.3 Å². The molecular weight excluding hydrogens is 388 g/mol. The van der Waals surface area contributed by atoms with Gasteiger partial charge in [0, 0.05) is 43.1 Å². The topological polar surface area (TPSA) is 62.6 Å². The van der Waals surface area contributed by atoms with E-state index in [1.807, 2.05) is 24.3 Å². The Morgan fingerprint density at radius 3 is 2.74 bits per heavy atom. The predicted molar refractivity (Wildman–Crippen MR) is 124 cm³/mol. The third-order valence-corrected chi connectivity index (χ3v) is 6.13. The highest BCUT2D eigenvalue weighted by atomic mass is 16.5. The Kier molecular flexibility index (Phi) is 5.80. The van der Waals surface area contributed by atoms with E-state index in [0.717, 1.165) is 61.8 Å². The molecule has 2 fully saturated rings. The summed E-state index contributed by atoms with van der Waals surface area (Å²) in [5, 5.41) is 6.70. The number of aryl methyl sites for hydroxylation is 1. The summed E-state index contributed by atoms with van der Waals surface area (Å²) in [4.78, 5) is 6.86. The van der Waals surface area contributed by atoms with Crippen molar-refractivity contribution in [1.29, 1.82) is 0 Å². The predicted octanol–water partition coefficient (Wildman–Crippen LogP) is 5.12. The summed E-state index contributed by atoms with van der Waals surface area (Å²) in [5.74, 6) is 1.63. The van der Waals surface area contributed by atoms with Gasteiger partial charge in [-0.1, -0.05) is 12.1 Å². The molecule has 0 spiro atoms. The lowest BCUT2D eigenvalue weighted by atomic mass is 10.1. The zero-order chi connectivity index (χ0) is 21.0. The van der Waals surface area contributed by atoms with E-state index in [1.165, 1.54) is 24.1 Å². The van der Waals surface area contributed by atoms with Crippen LogP contribution in [0.25, 0.3) is 11.3 Å². The first-order valence-corrected chi connectivity index (χ1v) is 11.3. The Morgan fingerprint density at radius 1 is 1.10 bits per heavy atom. The van der Waals surface area contributed by atoms with E-state index < -0.39 is 0 Å². The average Bonchev–Trinajstić information content (AvgIpc) is 3.47. The van der Waals surface area contributed by atoms with Gasteiger partial charge in [-0.05, 0) is 68.5 Å². The number of nitrogens with zero attached hydrogens (tertiary/aromatic N) is 2. The summed E-state index contributed by atoms with van der Waals surface area (Å²) in [7, 11) is 0. The molecule has 2 aromatic carbocycles. The number of piperazine rings is 1. The first kappa shape index (κ1) is 19.9. The second-order valence-corrected chi connectivity index (χ2v) is 8.45. The van der Waals surface area contributed by atoms with Gasteiger partial charge in [-0.25, -0.2) is 4.98 Å². The molecule has 0 radical (unpaired) electrons. The Bertz CT molecular complexity index is 1020. The van der Waals surface area contributed by atoms with E-state index in [-0.39, 0.29) is 0 Å². The van der Waals surface area contributed by atoms with Crippen molar-refractivity contribution in [2.24, 2.45) is 0 Å². The number of rotatable bonds is 6. The van der Waals surface area contributed by atoms with Gasteiger partial charge in [-0.3, -0.25) is 0 Å². The minimum atomic E-state index is 0.342. The normalized spacial score (nSPS) is 17.1. The van der Waals surface area contributed by atoms with Gasteiger partial charge in [0.15, 0.2) is 5.76 Å². The number of ether oxygens (including phenoxy) is 1. The zero-order valence-electron chi connectivity index (χ0n) is 18.1. The molecule has 0 atom stereocenters. The fraction of sp³-hybridized carbons (Fsp3) is 0.400. The standard InChI is InChI=1S/C25H30N4O2/c1-18-15-20(9-10-23(18)29-13-11-26-12-14-29)28-25-27-17-24(31-25)19-5-4-8-22(16-19)30-21-6-2-3-7-21/h4-5,8-10,15-17,21,26H,2-3,6-7,11-14H2,1H3,(H,27,28). The number of hydrogen-bond donors (Lipinski definition) is 2. The Labute approximate surface area is 183 Å². The zero-order valence-corrected chi connectivity index (χ0v) is 18.1. The lowest BCUT2D eigenvalue weighted by Gasteiger charge is -2.30. The second-order valence-electron chi connectivity index (χ2n) is 8.45. The first-order chi connectivity index (χ1) is 15.2. The van der Waals surface area contributed by atoms with Crippen molar-refractivity contribution in [2.75, 3.05) is 36.4 Å². The molecule has 2 N–H and O–H groups in total. The van der Waals surface area contributed by atoms with Crippen LogP contribution in [0, 0.1) is 6.92 Å². The van der Waals surface area contributed by atoms with Gasteiger partial charge in [0.2, 0.25) is 0 Å². The fourth-order valence-electron chi connectivity index (χ4n) is 4.50. The molecule has 31 heavy (non-hydrogen) atoms. The molecule has 2 heterocycles. The molecule has 3 aromatic rings. The molecule has 0 bridgehead atoms. The van der Waals surface area contributed by atoms with E-state index in [2.05, 4.69) is 45.6 Å². The molecule has 1 aliphatic heterocycles. The van der Waals surface area contributed by atoms with Gasteiger partial charge >= 0.3 is 0 Å².